The summed E-state index contributed by atoms with van der Waals surface area (Å²) in [5, 5.41) is 0.836. The van der Waals surface area contributed by atoms with Crippen LogP contribution in [0.25, 0.3) is 10.9 Å². The first-order valence-electron chi connectivity index (χ1n) is 5.29. The van der Waals surface area contributed by atoms with Crippen molar-refractivity contribution < 1.29 is 19.0 Å². The highest BCUT2D eigenvalue weighted by atomic mass is 16.6. The van der Waals surface area contributed by atoms with Crippen molar-refractivity contribution in [2.75, 3.05) is 20.3 Å². The molecule has 3 rings (SSSR count). The number of H-pyrrole nitrogens is 1. The summed E-state index contributed by atoms with van der Waals surface area (Å²) in [7, 11) is 1.35. The summed E-state index contributed by atoms with van der Waals surface area (Å²) in [5.41, 5.74) is 1.24. The molecular weight excluding hydrogens is 222 g/mol. The summed E-state index contributed by atoms with van der Waals surface area (Å²) in [6, 6.07) is 5.40. The first-order chi connectivity index (χ1) is 8.29. The van der Waals surface area contributed by atoms with E-state index in [9.17, 15) is 4.79 Å². The van der Waals surface area contributed by atoms with Gasteiger partial charge in [0.15, 0.2) is 11.5 Å². The molecule has 1 aliphatic rings. The van der Waals surface area contributed by atoms with Gasteiger partial charge in [0.2, 0.25) is 0 Å². The molecule has 0 saturated carbocycles. The van der Waals surface area contributed by atoms with E-state index in [0.29, 0.717) is 30.4 Å². The topological polar surface area (TPSA) is 60.6 Å². The van der Waals surface area contributed by atoms with Crippen LogP contribution in [0.1, 0.15) is 10.5 Å². The van der Waals surface area contributed by atoms with Gasteiger partial charge in [0, 0.05) is 5.39 Å². The van der Waals surface area contributed by atoms with Gasteiger partial charge in [-0.3, -0.25) is 0 Å². The lowest BCUT2D eigenvalue weighted by Gasteiger charge is -2.18. The maximum absolute atomic E-state index is 11.4. The fraction of sp³-hybridized carbons (Fsp3) is 0.250. The number of carbonyl (C=O) groups excluding carboxylic acids is 1. The maximum atomic E-state index is 11.4. The molecule has 0 radical (unpaired) electrons. The average Bonchev–Trinajstić information content (AvgIpc) is 2.82. The number of aromatic amines is 1. The van der Waals surface area contributed by atoms with Crippen molar-refractivity contribution in [2.24, 2.45) is 0 Å². The normalized spacial score (nSPS) is 13.7. The Hall–Kier alpha value is -2.17. The monoisotopic (exact) mass is 233 g/mol. The standard InChI is InChI=1S/C12H11NO4/c1-15-12(14)9-6-7-8(13-9)2-3-10-11(7)17-5-4-16-10/h2-3,6,13H,4-5H2,1H3. The lowest BCUT2D eigenvalue weighted by molar-refractivity contribution is 0.0595. The summed E-state index contributed by atoms with van der Waals surface area (Å²) in [4.78, 5) is 14.4. The second kappa shape index (κ2) is 3.69. The Balaban J connectivity index is 2.18. The van der Waals surface area contributed by atoms with Crippen molar-refractivity contribution in [3.05, 3.63) is 23.9 Å². The molecule has 2 aromatic rings. The van der Waals surface area contributed by atoms with Gasteiger partial charge in [-0.05, 0) is 18.2 Å². The van der Waals surface area contributed by atoms with Gasteiger partial charge >= 0.3 is 5.97 Å². The van der Waals surface area contributed by atoms with E-state index in [2.05, 4.69) is 9.72 Å². The second-order valence-electron chi connectivity index (χ2n) is 3.73. The third-order valence-electron chi connectivity index (χ3n) is 2.71. The minimum absolute atomic E-state index is 0.397. The molecule has 1 aromatic heterocycles. The van der Waals surface area contributed by atoms with Crippen LogP contribution >= 0.6 is 0 Å². The Morgan fingerprint density at radius 1 is 1.35 bits per heavy atom. The van der Waals surface area contributed by atoms with Gasteiger partial charge in [-0.25, -0.2) is 4.79 Å². The molecule has 0 aliphatic carbocycles. The molecule has 88 valence electrons. The zero-order valence-corrected chi connectivity index (χ0v) is 9.28. The molecule has 0 amide bonds. The molecule has 0 fully saturated rings. The van der Waals surface area contributed by atoms with Crippen molar-refractivity contribution in [3.63, 3.8) is 0 Å². The minimum Gasteiger partial charge on any atom is -0.486 e. The van der Waals surface area contributed by atoms with E-state index in [1.54, 1.807) is 6.07 Å². The number of fused-ring (bicyclic) bond motifs is 3. The van der Waals surface area contributed by atoms with Crippen LogP contribution in [0.5, 0.6) is 11.5 Å². The zero-order valence-electron chi connectivity index (χ0n) is 9.28. The van der Waals surface area contributed by atoms with Crippen LogP contribution < -0.4 is 9.47 Å². The molecular formula is C12H11NO4. The molecule has 0 bridgehead atoms. The van der Waals surface area contributed by atoms with Crippen molar-refractivity contribution in [2.45, 2.75) is 0 Å². The van der Waals surface area contributed by atoms with Gasteiger partial charge < -0.3 is 19.2 Å². The highest BCUT2D eigenvalue weighted by Gasteiger charge is 2.18. The fourth-order valence-electron chi connectivity index (χ4n) is 1.94. The summed E-state index contributed by atoms with van der Waals surface area (Å²) in [5.74, 6) is 0.992. The van der Waals surface area contributed by atoms with Gasteiger partial charge in [-0.2, -0.15) is 0 Å². The average molecular weight is 233 g/mol. The number of benzene rings is 1. The molecule has 2 heterocycles. The van der Waals surface area contributed by atoms with Gasteiger partial charge in [0.25, 0.3) is 0 Å². The van der Waals surface area contributed by atoms with Crippen LogP contribution in [0.2, 0.25) is 0 Å². The highest BCUT2D eigenvalue weighted by Crippen LogP contribution is 2.37. The SMILES string of the molecule is COC(=O)c1cc2c3c(ccc2[nH]1)OCCO3. The van der Waals surface area contributed by atoms with Crippen molar-refractivity contribution in [1.82, 2.24) is 4.98 Å². The molecule has 0 unspecified atom stereocenters. The number of methoxy groups -OCH3 is 1. The molecule has 0 spiro atoms. The number of ether oxygens (including phenoxy) is 3. The second-order valence-corrected chi connectivity index (χ2v) is 3.73. The summed E-state index contributed by atoms with van der Waals surface area (Å²) >= 11 is 0. The van der Waals surface area contributed by atoms with Crippen LogP contribution in [-0.4, -0.2) is 31.3 Å². The Kier molecular flexibility index (Phi) is 2.18. The molecule has 5 heteroatoms. The molecule has 5 nitrogen and oxygen atoms in total. The van der Waals surface area contributed by atoms with Crippen molar-refractivity contribution >= 4 is 16.9 Å². The number of hydrogen-bond donors (Lipinski definition) is 1. The first-order valence-corrected chi connectivity index (χ1v) is 5.29. The molecule has 0 saturated heterocycles. The van der Waals surface area contributed by atoms with Gasteiger partial charge in [0.05, 0.1) is 12.6 Å². The number of hydrogen-bond acceptors (Lipinski definition) is 4. The smallest absolute Gasteiger partial charge is 0.354 e. The number of aromatic nitrogens is 1. The van der Waals surface area contributed by atoms with Crippen LogP contribution in [-0.2, 0) is 4.74 Å². The summed E-state index contributed by atoms with van der Waals surface area (Å²) in [6.45, 7) is 1.07. The van der Waals surface area contributed by atoms with Gasteiger partial charge in [-0.1, -0.05) is 0 Å². The lowest BCUT2D eigenvalue weighted by atomic mass is 10.2. The lowest BCUT2D eigenvalue weighted by Crippen LogP contribution is -2.15. The van der Waals surface area contributed by atoms with E-state index in [0.717, 1.165) is 10.9 Å². The molecule has 0 atom stereocenters. The van der Waals surface area contributed by atoms with E-state index in [4.69, 9.17) is 9.47 Å². The first kappa shape index (κ1) is 10.0. The van der Waals surface area contributed by atoms with Crippen molar-refractivity contribution in [3.8, 4) is 11.5 Å². The van der Waals surface area contributed by atoms with Crippen LogP contribution in [0.3, 0.4) is 0 Å². The van der Waals surface area contributed by atoms with Crippen LogP contribution in [0, 0.1) is 0 Å². The third kappa shape index (κ3) is 1.51. The predicted molar refractivity (Wildman–Crippen MR) is 60.6 cm³/mol. The number of esters is 1. The Morgan fingerprint density at radius 3 is 3.00 bits per heavy atom. The highest BCUT2D eigenvalue weighted by molar-refractivity contribution is 5.98. The fourth-order valence-corrected chi connectivity index (χ4v) is 1.94. The van der Waals surface area contributed by atoms with E-state index in [-0.39, 0.29) is 0 Å². The Bertz CT molecular complexity index is 587. The Labute approximate surface area is 97.3 Å². The summed E-state index contributed by atoms with van der Waals surface area (Å²) < 4.78 is 15.7. The predicted octanol–water partition coefficient (Wildman–Crippen LogP) is 1.73. The Morgan fingerprint density at radius 2 is 2.18 bits per heavy atom. The maximum Gasteiger partial charge on any atom is 0.354 e. The van der Waals surface area contributed by atoms with E-state index in [1.807, 2.05) is 12.1 Å². The van der Waals surface area contributed by atoms with E-state index < -0.39 is 5.97 Å². The number of nitrogens with one attached hydrogen (secondary N) is 1. The van der Waals surface area contributed by atoms with Crippen LogP contribution in [0.15, 0.2) is 18.2 Å². The molecule has 1 aromatic carbocycles. The van der Waals surface area contributed by atoms with Crippen molar-refractivity contribution in [1.29, 1.82) is 0 Å². The van der Waals surface area contributed by atoms with Crippen LogP contribution in [0.4, 0.5) is 0 Å². The van der Waals surface area contributed by atoms with E-state index in [1.165, 1.54) is 7.11 Å². The number of carbonyl (C=O) groups is 1. The summed E-state index contributed by atoms with van der Waals surface area (Å²) in [6.07, 6.45) is 0. The quantitative estimate of drug-likeness (QED) is 0.762. The molecule has 17 heavy (non-hydrogen) atoms. The van der Waals surface area contributed by atoms with Gasteiger partial charge in [-0.15, -0.1) is 0 Å². The third-order valence-corrected chi connectivity index (χ3v) is 2.71. The number of rotatable bonds is 1. The minimum atomic E-state index is -0.397. The molecule has 1 N–H and O–H groups in total. The zero-order chi connectivity index (χ0) is 11.8. The van der Waals surface area contributed by atoms with Gasteiger partial charge in [0.1, 0.15) is 18.9 Å². The van der Waals surface area contributed by atoms with E-state index >= 15 is 0 Å². The largest absolute Gasteiger partial charge is 0.486 e. The molecule has 1 aliphatic heterocycles.